The third kappa shape index (κ3) is 2.89. The van der Waals surface area contributed by atoms with Crippen LogP contribution in [0.15, 0.2) is 17.1 Å². The van der Waals surface area contributed by atoms with Crippen molar-refractivity contribution >= 4 is 40.8 Å². The van der Waals surface area contributed by atoms with Gasteiger partial charge >= 0.3 is 0 Å². The molecule has 21 heavy (non-hydrogen) atoms. The first-order valence-electron chi connectivity index (χ1n) is 6.17. The van der Waals surface area contributed by atoms with E-state index < -0.39 is 12.0 Å². The van der Waals surface area contributed by atoms with Crippen LogP contribution < -0.4 is 10.4 Å². The number of carbonyl (C=O) groups is 1. The zero-order valence-corrected chi connectivity index (χ0v) is 12.6. The van der Waals surface area contributed by atoms with Crippen molar-refractivity contribution in [2.45, 2.75) is 25.9 Å². The summed E-state index contributed by atoms with van der Waals surface area (Å²) >= 11 is 12.1. The lowest BCUT2D eigenvalue weighted by Crippen LogP contribution is -2.53. The molecule has 1 aliphatic rings. The quantitative estimate of drug-likeness (QED) is 0.669. The minimum atomic E-state index is -1.24. The molecule has 0 saturated heterocycles. The third-order valence-electron chi connectivity index (χ3n) is 3.20. The second-order valence-electron chi connectivity index (χ2n) is 4.40. The van der Waals surface area contributed by atoms with Crippen LogP contribution in [0.3, 0.4) is 0 Å². The van der Waals surface area contributed by atoms with Gasteiger partial charge in [-0.25, -0.2) is 4.99 Å². The Bertz CT molecular complexity index is 654. The van der Waals surface area contributed by atoms with Gasteiger partial charge in [0.05, 0.1) is 34.3 Å². The number of carboxylic acids is 1. The van der Waals surface area contributed by atoms with Gasteiger partial charge in [-0.3, -0.25) is 5.32 Å². The number of rotatable bonds is 3. The Labute approximate surface area is 131 Å². The minimum absolute atomic E-state index is 0.152. The van der Waals surface area contributed by atoms with Crippen LogP contribution in [0.1, 0.15) is 18.9 Å². The first-order valence-corrected chi connectivity index (χ1v) is 6.93. The van der Waals surface area contributed by atoms with Gasteiger partial charge in [-0.2, -0.15) is 5.26 Å². The second-order valence-corrected chi connectivity index (χ2v) is 5.19. The average Bonchev–Trinajstić information content (AvgIpc) is 2.45. The fourth-order valence-electron chi connectivity index (χ4n) is 2.18. The smallest absolute Gasteiger partial charge is 0.213 e. The zero-order chi connectivity index (χ0) is 15.6. The van der Waals surface area contributed by atoms with E-state index in [4.69, 9.17) is 28.5 Å². The van der Waals surface area contributed by atoms with E-state index >= 15 is 0 Å². The SMILES string of the molecule is CCC(C(=O)[O-])N1Cc2c(ccc(Cl)c2Cl)N=C1NC#N. The summed E-state index contributed by atoms with van der Waals surface area (Å²) in [7, 11) is 0. The van der Waals surface area contributed by atoms with Crippen LogP contribution in [0, 0.1) is 11.5 Å². The van der Waals surface area contributed by atoms with Crippen LogP contribution in [0.5, 0.6) is 0 Å². The van der Waals surface area contributed by atoms with Gasteiger partial charge in [-0.15, -0.1) is 0 Å². The van der Waals surface area contributed by atoms with Gasteiger partial charge in [0.15, 0.2) is 6.19 Å². The van der Waals surface area contributed by atoms with E-state index in [1.54, 1.807) is 25.2 Å². The lowest BCUT2D eigenvalue weighted by Gasteiger charge is -2.36. The highest BCUT2D eigenvalue weighted by Gasteiger charge is 2.28. The van der Waals surface area contributed by atoms with Crippen LogP contribution in [0.4, 0.5) is 5.69 Å². The average molecular weight is 326 g/mol. The van der Waals surface area contributed by atoms with E-state index in [0.717, 1.165) is 0 Å². The van der Waals surface area contributed by atoms with E-state index in [1.807, 2.05) is 0 Å². The van der Waals surface area contributed by atoms with Crippen LogP contribution in [0.25, 0.3) is 0 Å². The molecular weight excluding hydrogens is 315 g/mol. The third-order valence-corrected chi connectivity index (χ3v) is 4.04. The van der Waals surface area contributed by atoms with Gasteiger partial charge in [-0.1, -0.05) is 30.1 Å². The molecule has 1 N–H and O–H groups in total. The number of benzene rings is 1. The standard InChI is InChI=1S/C13H12Cl2N4O2/c1-2-10(12(20)21)19-5-7-9(18-13(19)17-6-16)4-3-8(14)11(7)15/h3-4,10H,2,5H2,1H3,(H,17,18)(H,20,21)/p-1. The Morgan fingerprint density at radius 2 is 2.33 bits per heavy atom. The molecule has 0 spiro atoms. The zero-order valence-electron chi connectivity index (χ0n) is 11.1. The Balaban J connectivity index is 2.51. The van der Waals surface area contributed by atoms with E-state index in [9.17, 15) is 9.90 Å². The summed E-state index contributed by atoms with van der Waals surface area (Å²) in [6, 6.07) is 2.34. The maximum atomic E-state index is 11.3. The van der Waals surface area contributed by atoms with E-state index in [2.05, 4.69) is 10.3 Å². The Morgan fingerprint density at radius 3 is 2.90 bits per heavy atom. The molecule has 0 bridgehead atoms. The molecule has 1 heterocycles. The summed E-state index contributed by atoms with van der Waals surface area (Å²) in [6.45, 7) is 1.88. The van der Waals surface area contributed by atoms with Crippen LogP contribution >= 0.6 is 23.2 Å². The number of carboxylic acid groups (broad SMARTS) is 1. The van der Waals surface area contributed by atoms with Crippen molar-refractivity contribution in [3.8, 4) is 6.19 Å². The number of halogens is 2. The molecule has 1 aromatic carbocycles. The number of aliphatic imine (C=N–C) groups is 1. The lowest BCUT2D eigenvalue weighted by atomic mass is 10.1. The molecule has 0 amide bonds. The van der Waals surface area contributed by atoms with Crippen LogP contribution in [-0.2, 0) is 11.3 Å². The molecule has 1 unspecified atom stereocenters. The Morgan fingerprint density at radius 1 is 1.62 bits per heavy atom. The van der Waals surface area contributed by atoms with Crippen molar-refractivity contribution in [1.29, 1.82) is 5.26 Å². The number of aliphatic carboxylic acids is 1. The molecule has 0 fully saturated rings. The first-order chi connectivity index (χ1) is 9.99. The second kappa shape index (κ2) is 6.20. The van der Waals surface area contributed by atoms with Crippen molar-refractivity contribution in [2.75, 3.05) is 0 Å². The highest BCUT2D eigenvalue weighted by Crippen LogP contribution is 2.37. The van der Waals surface area contributed by atoms with Gasteiger partial charge in [0.2, 0.25) is 5.96 Å². The van der Waals surface area contributed by atoms with Crippen molar-refractivity contribution in [2.24, 2.45) is 4.99 Å². The molecule has 110 valence electrons. The van der Waals surface area contributed by atoms with Crippen molar-refractivity contribution in [3.63, 3.8) is 0 Å². The van der Waals surface area contributed by atoms with Crippen molar-refractivity contribution in [3.05, 3.63) is 27.7 Å². The molecule has 1 atom stereocenters. The topological polar surface area (TPSA) is 91.5 Å². The number of carbonyl (C=O) groups excluding carboxylic acids is 1. The monoisotopic (exact) mass is 325 g/mol. The fraction of sp³-hybridized carbons (Fsp3) is 0.308. The Kier molecular flexibility index (Phi) is 4.56. The number of guanidine groups is 1. The maximum Gasteiger partial charge on any atom is 0.213 e. The molecule has 1 aromatic rings. The summed E-state index contributed by atoms with van der Waals surface area (Å²) in [4.78, 5) is 16.9. The van der Waals surface area contributed by atoms with E-state index in [-0.39, 0.29) is 12.5 Å². The lowest BCUT2D eigenvalue weighted by molar-refractivity contribution is -0.311. The molecule has 2 rings (SSSR count). The molecule has 0 saturated carbocycles. The number of hydrogen-bond acceptors (Lipinski definition) is 6. The molecule has 0 aromatic heterocycles. The summed E-state index contributed by atoms with van der Waals surface area (Å²) < 4.78 is 0. The minimum Gasteiger partial charge on any atom is -0.548 e. The molecule has 8 heteroatoms. The van der Waals surface area contributed by atoms with Gasteiger partial charge in [-0.05, 0) is 18.6 Å². The predicted molar refractivity (Wildman–Crippen MR) is 76.9 cm³/mol. The van der Waals surface area contributed by atoms with Gasteiger partial charge in [0, 0.05) is 5.56 Å². The van der Waals surface area contributed by atoms with Gasteiger partial charge in [0.1, 0.15) is 0 Å². The number of fused-ring (bicyclic) bond motifs is 1. The molecule has 0 radical (unpaired) electrons. The van der Waals surface area contributed by atoms with E-state index in [0.29, 0.717) is 27.7 Å². The highest BCUT2D eigenvalue weighted by atomic mass is 35.5. The normalized spacial score (nSPS) is 14.8. The Hall–Kier alpha value is -1.97. The van der Waals surface area contributed by atoms with Crippen LogP contribution in [0.2, 0.25) is 10.0 Å². The van der Waals surface area contributed by atoms with Crippen molar-refractivity contribution < 1.29 is 9.90 Å². The molecule has 6 nitrogen and oxygen atoms in total. The number of nitrogens with zero attached hydrogens (tertiary/aromatic N) is 3. The summed E-state index contributed by atoms with van der Waals surface area (Å²) in [6.07, 6.45) is 2.04. The van der Waals surface area contributed by atoms with Crippen molar-refractivity contribution in [1.82, 2.24) is 10.2 Å². The highest BCUT2D eigenvalue weighted by molar-refractivity contribution is 6.42. The fourth-order valence-corrected chi connectivity index (χ4v) is 2.58. The van der Waals surface area contributed by atoms with Gasteiger partial charge in [0.25, 0.3) is 0 Å². The van der Waals surface area contributed by atoms with Crippen LogP contribution in [-0.4, -0.2) is 22.9 Å². The van der Waals surface area contributed by atoms with Gasteiger partial charge < -0.3 is 14.8 Å². The molecular formula is C13H11Cl2N4O2-. The number of hydrogen-bond donors (Lipinski definition) is 1. The largest absolute Gasteiger partial charge is 0.548 e. The number of nitriles is 1. The maximum absolute atomic E-state index is 11.3. The molecule has 1 aliphatic heterocycles. The predicted octanol–water partition coefficient (Wildman–Crippen LogP) is 1.40. The summed E-state index contributed by atoms with van der Waals surface area (Å²) in [5.41, 5.74) is 1.17. The summed E-state index contributed by atoms with van der Waals surface area (Å²) in [5, 5.41) is 23.1. The number of nitrogens with one attached hydrogen (secondary N) is 1. The van der Waals surface area contributed by atoms with E-state index in [1.165, 1.54) is 4.90 Å². The first kappa shape index (κ1) is 15.4. The summed E-state index contributed by atoms with van der Waals surface area (Å²) in [5.74, 6) is -1.09. The molecule has 0 aliphatic carbocycles.